The number of aromatic nitrogens is 3. The van der Waals surface area contributed by atoms with Crippen molar-refractivity contribution < 1.29 is 9.47 Å². The van der Waals surface area contributed by atoms with Crippen molar-refractivity contribution in [2.24, 2.45) is 0 Å². The summed E-state index contributed by atoms with van der Waals surface area (Å²) in [5.41, 5.74) is 2.35. The van der Waals surface area contributed by atoms with Gasteiger partial charge in [-0.3, -0.25) is 0 Å². The van der Waals surface area contributed by atoms with Gasteiger partial charge in [0.05, 0.1) is 7.11 Å². The molecule has 0 spiro atoms. The third-order valence-corrected chi connectivity index (χ3v) is 3.65. The Kier molecular flexibility index (Phi) is 4.73. The Balaban J connectivity index is 1.63. The molecule has 2 aromatic heterocycles. The van der Waals surface area contributed by atoms with Crippen LogP contribution in [-0.2, 0) is 17.8 Å². The van der Waals surface area contributed by atoms with E-state index in [-0.39, 0.29) is 0 Å². The highest BCUT2D eigenvalue weighted by molar-refractivity contribution is 5.84. The summed E-state index contributed by atoms with van der Waals surface area (Å²) in [4.78, 5) is 11.8. The van der Waals surface area contributed by atoms with E-state index in [1.807, 2.05) is 24.4 Å². The van der Waals surface area contributed by atoms with Gasteiger partial charge in [-0.15, -0.1) is 0 Å². The molecule has 3 aromatic rings. The first-order valence-electron chi connectivity index (χ1n) is 7.49. The van der Waals surface area contributed by atoms with Gasteiger partial charge in [0.15, 0.2) is 5.82 Å². The molecule has 0 unspecified atom stereocenters. The molecule has 0 amide bonds. The van der Waals surface area contributed by atoms with E-state index in [0.717, 1.165) is 30.0 Å². The normalized spacial score (nSPS) is 10.9. The standard InChI is InChI=1S/C17H20N4O2/c1-22-11-17-19-8-6-16(21-17)18-7-5-12-10-20-15-9-13(23-2)3-4-14(12)15/h3-4,6,8-10,20H,5,7,11H2,1-2H3,(H,18,19,21). The Morgan fingerprint density at radius 2 is 2.13 bits per heavy atom. The van der Waals surface area contributed by atoms with Crippen LogP contribution in [0.1, 0.15) is 11.4 Å². The molecule has 2 heterocycles. The Morgan fingerprint density at radius 3 is 2.96 bits per heavy atom. The number of H-pyrrole nitrogens is 1. The number of nitrogens with one attached hydrogen (secondary N) is 2. The van der Waals surface area contributed by atoms with Crippen LogP contribution in [0.3, 0.4) is 0 Å². The third-order valence-electron chi connectivity index (χ3n) is 3.65. The van der Waals surface area contributed by atoms with E-state index in [2.05, 4.69) is 26.3 Å². The molecule has 1 aromatic carbocycles. The first-order valence-corrected chi connectivity index (χ1v) is 7.49. The first kappa shape index (κ1) is 15.3. The van der Waals surface area contributed by atoms with Crippen molar-refractivity contribution in [2.75, 3.05) is 26.1 Å². The van der Waals surface area contributed by atoms with Gasteiger partial charge in [-0.05, 0) is 30.2 Å². The van der Waals surface area contributed by atoms with Gasteiger partial charge >= 0.3 is 0 Å². The van der Waals surface area contributed by atoms with E-state index in [9.17, 15) is 0 Å². The zero-order valence-electron chi connectivity index (χ0n) is 13.3. The van der Waals surface area contributed by atoms with E-state index < -0.39 is 0 Å². The fraction of sp³-hybridized carbons (Fsp3) is 0.294. The number of aromatic amines is 1. The largest absolute Gasteiger partial charge is 0.497 e. The molecule has 0 aliphatic carbocycles. The molecular weight excluding hydrogens is 292 g/mol. The van der Waals surface area contributed by atoms with Crippen LogP contribution in [0.2, 0.25) is 0 Å². The number of benzene rings is 1. The van der Waals surface area contributed by atoms with Crippen LogP contribution < -0.4 is 10.1 Å². The molecule has 6 heteroatoms. The van der Waals surface area contributed by atoms with Crippen LogP contribution >= 0.6 is 0 Å². The lowest BCUT2D eigenvalue weighted by Gasteiger charge is -2.06. The summed E-state index contributed by atoms with van der Waals surface area (Å²) >= 11 is 0. The maximum Gasteiger partial charge on any atom is 0.156 e. The maximum atomic E-state index is 5.24. The highest BCUT2D eigenvalue weighted by atomic mass is 16.5. The lowest BCUT2D eigenvalue weighted by Crippen LogP contribution is -2.08. The summed E-state index contributed by atoms with van der Waals surface area (Å²) in [6, 6.07) is 7.93. The third kappa shape index (κ3) is 3.60. The molecule has 3 rings (SSSR count). The minimum Gasteiger partial charge on any atom is -0.497 e. The molecule has 23 heavy (non-hydrogen) atoms. The molecule has 0 aliphatic rings. The fourth-order valence-corrected chi connectivity index (χ4v) is 2.52. The van der Waals surface area contributed by atoms with Gasteiger partial charge in [-0.25, -0.2) is 9.97 Å². The van der Waals surface area contributed by atoms with Crippen molar-refractivity contribution in [1.82, 2.24) is 15.0 Å². The summed E-state index contributed by atoms with van der Waals surface area (Å²) in [6.07, 6.45) is 4.68. The maximum absolute atomic E-state index is 5.24. The molecule has 0 saturated carbocycles. The minimum absolute atomic E-state index is 0.416. The Morgan fingerprint density at radius 1 is 1.22 bits per heavy atom. The average Bonchev–Trinajstić information content (AvgIpc) is 2.98. The Bertz CT molecular complexity index is 785. The summed E-state index contributed by atoms with van der Waals surface area (Å²) in [7, 11) is 3.31. The van der Waals surface area contributed by atoms with Crippen LogP contribution in [0.25, 0.3) is 10.9 Å². The second-order valence-electron chi connectivity index (χ2n) is 5.19. The van der Waals surface area contributed by atoms with Gasteiger partial charge in [0, 0.05) is 43.0 Å². The number of ether oxygens (including phenoxy) is 2. The molecule has 120 valence electrons. The molecule has 0 atom stereocenters. The number of methoxy groups -OCH3 is 2. The van der Waals surface area contributed by atoms with Crippen molar-refractivity contribution >= 4 is 16.7 Å². The van der Waals surface area contributed by atoms with Crippen molar-refractivity contribution in [3.63, 3.8) is 0 Å². The number of hydrogen-bond donors (Lipinski definition) is 2. The summed E-state index contributed by atoms with van der Waals surface area (Å²) in [5.74, 6) is 2.35. The topological polar surface area (TPSA) is 72.1 Å². The summed E-state index contributed by atoms with van der Waals surface area (Å²) in [5, 5.41) is 4.54. The molecule has 2 N–H and O–H groups in total. The zero-order chi connectivity index (χ0) is 16.1. The van der Waals surface area contributed by atoms with Crippen LogP contribution in [0.15, 0.2) is 36.7 Å². The molecular formula is C17H20N4O2. The lowest BCUT2D eigenvalue weighted by atomic mass is 10.1. The van der Waals surface area contributed by atoms with Crippen LogP contribution in [0.5, 0.6) is 5.75 Å². The molecule has 0 radical (unpaired) electrons. The van der Waals surface area contributed by atoms with Crippen molar-refractivity contribution in [1.29, 1.82) is 0 Å². The number of fused-ring (bicyclic) bond motifs is 1. The summed E-state index contributed by atoms with van der Waals surface area (Å²) < 4.78 is 10.3. The smallest absolute Gasteiger partial charge is 0.156 e. The lowest BCUT2D eigenvalue weighted by molar-refractivity contribution is 0.178. The number of nitrogens with zero attached hydrogens (tertiary/aromatic N) is 2. The summed E-state index contributed by atoms with van der Waals surface area (Å²) in [6.45, 7) is 1.21. The van der Waals surface area contributed by atoms with E-state index in [4.69, 9.17) is 9.47 Å². The van der Waals surface area contributed by atoms with Crippen LogP contribution in [-0.4, -0.2) is 35.7 Å². The van der Waals surface area contributed by atoms with Crippen LogP contribution in [0.4, 0.5) is 5.82 Å². The van der Waals surface area contributed by atoms with E-state index in [1.165, 1.54) is 10.9 Å². The second-order valence-corrected chi connectivity index (χ2v) is 5.19. The number of rotatable bonds is 7. The minimum atomic E-state index is 0.416. The highest BCUT2D eigenvalue weighted by Crippen LogP contribution is 2.23. The van der Waals surface area contributed by atoms with E-state index >= 15 is 0 Å². The van der Waals surface area contributed by atoms with Crippen molar-refractivity contribution in [3.05, 3.63) is 48.0 Å². The van der Waals surface area contributed by atoms with Gasteiger partial charge in [-0.1, -0.05) is 0 Å². The van der Waals surface area contributed by atoms with Crippen LogP contribution in [0, 0.1) is 0 Å². The van der Waals surface area contributed by atoms with Gasteiger partial charge < -0.3 is 19.8 Å². The number of hydrogen-bond acceptors (Lipinski definition) is 5. The predicted molar refractivity (Wildman–Crippen MR) is 89.8 cm³/mol. The molecule has 6 nitrogen and oxygen atoms in total. The molecule has 0 fully saturated rings. The van der Waals surface area contributed by atoms with Gasteiger partial charge in [0.1, 0.15) is 18.2 Å². The monoisotopic (exact) mass is 312 g/mol. The molecule has 0 saturated heterocycles. The predicted octanol–water partition coefficient (Wildman–Crippen LogP) is 2.77. The van der Waals surface area contributed by atoms with Gasteiger partial charge in [0.2, 0.25) is 0 Å². The fourth-order valence-electron chi connectivity index (χ4n) is 2.52. The second kappa shape index (κ2) is 7.11. The van der Waals surface area contributed by atoms with Crippen molar-refractivity contribution in [3.8, 4) is 5.75 Å². The highest BCUT2D eigenvalue weighted by Gasteiger charge is 2.05. The van der Waals surface area contributed by atoms with Gasteiger partial charge in [-0.2, -0.15) is 0 Å². The quantitative estimate of drug-likeness (QED) is 0.702. The number of anilines is 1. The first-order chi connectivity index (χ1) is 11.3. The average molecular weight is 312 g/mol. The molecule has 0 aliphatic heterocycles. The van der Waals surface area contributed by atoms with Crippen molar-refractivity contribution in [2.45, 2.75) is 13.0 Å². The Labute approximate surface area is 134 Å². The van der Waals surface area contributed by atoms with E-state index in [1.54, 1.807) is 20.4 Å². The van der Waals surface area contributed by atoms with E-state index in [0.29, 0.717) is 12.4 Å². The SMILES string of the molecule is COCc1nccc(NCCc2c[nH]c3cc(OC)ccc23)n1. The Hall–Kier alpha value is -2.60. The molecule has 0 bridgehead atoms. The zero-order valence-corrected chi connectivity index (χ0v) is 13.3. The van der Waals surface area contributed by atoms with Gasteiger partial charge in [0.25, 0.3) is 0 Å².